The number of halogens is 4. The van der Waals surface area contributed by atoms with Gasteiger partial charge < -0.3 is 5.32 Å². The number of H-pyrrole nitrogens is 1. The van der Waals surface area contributed by atoms with Gasteiger partial charge >= 0.3 is 0 Å². The Bertz CT molecular complexity index is 723. The van der Waals surface area contributed by atoms with Crippen molar-refractivity contribution in [3.05, 3.63) is 46.0 Å². The van der Waals surface area contributed by atoms with Crippen molar-refractivity contribution >= 4 is 81.0 Å². The van der Waals surface area contributed by atoms with E-state index in [0.717, 1.165) is 0 Å². The molecule has 0 saturated carbocycles. The second kappa shape index (κ2) is 6.55. The van der Waals surface area contributed by atoms with Gasteiger partial charge in [0.1, 0.15) is 4.60 Å². The number of carbonyl (C=O) groups excluding carboxylic acids is 1. The molecule has 2 N–H and O–H groups in total. The molecule has 0 radical (unpaired) electrons. The SMILES string of the molecule is O=C(Nc1c(Br)cc([N+](=O)[O-])cc1Br)c1n[nH]c(Br)c1Br. The largest absolute Gasteiger partial charge is 0.319 e. The number of non-ortho nitro benzene ring substituents is 1. The number of nitro benzene ring substituents is 1. The molecule has 0 saturated heterocycles. The number of hydrogen-bond donors (Lipinski definition) is 2. The number of benzene rings is 1. The Hall–Kier alpha value is -0.780. The van der Waals surface area contributed by atoms with Crippen molar-refractivity contribution in [2.24, 2.45) is 0 Å². The lowest BCUT2D eigenvalue weighted by atomic mass is 10.2. The van der Waals surface area contributed by atoms with Crippen LogP contribution in [0, 0.1) is 10.1 Å². The molecule has 2 rings (SSSR count). The molecule has 11 heteroatoms. The summed E-state index contributed by atoms with van der Waals surface area (Å²) in [7, 11) is 0. The highest BCUT2D eigenvalue weighted by Gasteiger charge is 2.20. The van der Waals surface area contributed by atoms with Crippen molar-refractivity contribution in [1.82, 2.24) is 10.2 Å². The van der Waals surface area contributed by atoms with E-state index >= 15 is 0 Å². The third kappa shape index (κ3) is 3.52. The lowest BCUT2D eigenvalue weighted by molar-refractivity contribution is -0.385. The molecule has 2 aromatic rings. The van der Waals surface area contributed by atoms with Gasteiger partial charge in [0.2, 0.25) is 0 Å². The van der Waals surface area contributed by atoms with Gasteiger partial charge in [-0.15, -0.1) is 0 Å². The van der Waals surface area contributed by atoms with Crippen molar-refractivity contribution in [2.45, 2.75) is 0 Å². The van der Waals surface area contributed by atoms with Gasteiger partial charge in [-0.2, -0.15) is 5.10 Å². The zero-order valence-corrected chi connectivity index (χ0v) is 16.1. The summed E-state index contributed by atoms with van der Waals surface area (Å²) in [5.74, 6) is -0.473. The molecule has 7 nitrogen and oxygen atoms in total. The van der Waals surface area contributed by atoms with Crippen LogP contribution in [0.15, 0.2) is 30.2 Å². The van der Waals surface area contributed by atoms with Gasteiger partial charge in [0.15, 0.2) is 5.69 Å². The molecule has 0 fully saturated rings. The molecule has 1 amide bonds. The normalized spacial score (nSPS) is 10.5. The summed E-state index contributed by atoms with van der Waals surface area (Å²) in [4.78, 5) is 22.4. The minimum Gasteiger partial charge on any atom is -0.319 e. The summed E-state index contributed by atoms with van der Waals surface area (Å²) in [5, 5.41) is 19.8. The Balaban J connectivity index is 2.34. The second-order valence-electron chi connectivity index (χ2n) is 3.70. The van der Waals surface area contributed by atoms with E-state index in [1.165, 1.54) is 12.1 Å². The molecule has 0 aliphatic heterocycles. The summed E-state index contributed by atoms with van der Waals surface area (Å²) in [5.41, 5.74) is 0.422. The van der Waals surface area contributed by atoms with E-state index in [0.29, 0.717) is 23.7 Å². The highest BCUT2D eigenvalue weighted by atomic mass is 79.9. The monoisotopic (exact) mass is 544 g/mol. The van der Waals surface area contributed by atoms with Crippen LogP contribution in [0.4, 0.5) is 11.4 Å². The van der Waals surface area contributed by atoms with E-state index in [1.54, 1.807) is 0 Å². The van der Waals surface area contributed by atoms with Crippen LogP contribution < -0.4 is 5.32 Å². The summed E-state index contributed by atoms with van der Waals surface area (Å²) in [6.07, 6.45) is 0. The van der Waals surface area contributed by atoms with Gasteiger partial charge in [-0.3, -0.25) is 20.0 Å². The van der Waals surface area contributed by atoms with Gasteiger partial charge in [0.25, 0.3) is 11.6 Å². The molecule has 0 spiro atoms. The minimum absolute atomic E-state index is 0.101. The van der Waals surface area contributed by atoms with E-state index in [2.05, 4.69) is 79.2 Å². The van der Waals surface area contributed by atoms with Crippen LogP contribution in [0.3, 0.4) is 0 Å². The highest BCUT2D eigenvalue weighted by Crippen LogP contribution is 2.36. The van der Waals surface area contributed by atoms with Crippen LogP contribution in [0.2, 0.25) is 0 Å². The Morgan fingerprint density at radius 1 is 1.24 bits per heavy atom. The highest BCUT2D eigenvalue weighted by molar-refractivity contribution is 9.13. The topological polar surface area (TPSA) is 101 Å². The zero-order valence-electron chi connectivity index (χ0n) is 9.79. The number of aromatic nitrogens is 2. The van der Waals surface area contributed by atoms with Crippen LogP contribution in [-0.4, -0.2) is 21.0 Å². The van der Waals surface area contributed by atoms with Crippen LogP contribution >= 0.6 is 63.7 Å². The third-order valence-corrected chi connectivity index (χ3v) is 5.49. The summed E-state index contributed by atoms with van der Waals surface area (Å²) in [6.45, 7) is 0. The summed E-state index contributed by atoms with van der Waals surface area (Å²) in [6, 6.07) is 2.60. The molecule has 1 heterocycles. The van der Waals surface area contributed by atoms with Crippen molar-refractivity contribution in [1.29, 1.82) is 0 Å². The van der Waals surface area contributed by atoms with Crippen LogP contribution in [0.5, 0.6) is 0 Å². The van der Waals surface area contributed by atoms with Crippen LogP contribution in [0.1, 0.15) is 10.5 Å². The van der Waals surface area contributed by atoms with Crippen molar-refractivity contribution < 1.29 is 9.72 Å². The number of nitrogens with one attached hydrogen (secondary N) is 2. The molecular formula is C10H4Br4N4O3. The van der Waals surface area contributed by atoms with E-state index in [9.17, 15) is 14.9 Å². The van der Waals surface area contributed by atoms with Crippen LogP contribution in [0.25, 0.3) is 0 Å². The third-order valence-electron chi connectivity index (χ3n) is 2.36. The maximum Gasteiger partial charge on any atom is 0.277 e. The summed E-state index contributed by atoms with van der Waals surface area (Å²) >= 11 is 12.8. The van der Waals surface area contributed by atoms with Gasteiger partial charge in [0, 0.05) is 21.1 Å². The Kier molecular flexibility index (Phi) is 5.17. The quantitative estimate of drug-likeness (QED) is 0.433. The fourth-order valence-electron chi connectivity index (χ4n) is 1.41. The molecule has 1 aromatic heterocycles. The first-order valence-corrected chi connectivity index (χ1v) is 8.32. The van der Waals surface area contributed by atoms with Crippen LogP contribution in [-0.2, 0) is 0 Å². The van der Waals surface area contributed by atoms with E-state index in [4.69, 9.17) is 0 Å². The van der Waals surface area contributed by atoms with Crippen molar-refractivity contribution in [2.75, 3.05) is 5.32 Å². The number of nitrogens with zero attached hydrogens (tertiary/aromatic N) is 2. The maximum absolute atomic E-state index is 12.2. The predicted octanol–water partition coefficient (Wildman–Crippen LogP) is 4.62. The van der Waals surface area contributed by atoms with E-state index in [1.807, 2.05) is 0 Å². The average molecular weight is 548 g/mol. The smallest absolute Gasteiger partial charge is 0.277 e. The Morgan fingerprint density at radius 3 is 2.24 bits per heavy atom. The van der Waals surface area contributed by atoms with Gasteiger partial charge in [-0.1, -0.05) is 0 Å². The first-order valence-electron chi connectivity index (χ1n) is 5.15. The molecule has 0 aliphatic carbocycles. The average Bonchev–Trinajstić information content (AvgIpc) is 2.74. The first-order chi connectivity index (χ1) is 9.81. The Labute approximate surface area is 151 Å². The molecule has 1 aromatic carbocycles. The first kappa shape index (κ1) is 16.6. The maximum atomic E-state index is 12.2. The van der Waals surface area contributed by atoms with Gasteiger partial charge in [-0.25, -0.2) is 0 Å². The Morgan fingerprint density at radius 2 is 1.81 bits per heavy atom. The fraction of sp³-hybridized carbons (Fsp3) is 0. The molecule has 110 valence electrons. The van der Waals surface area contributed by atoms with E-state index < -0.39 is 10.8 Å². The number of rotatable bonds is 3. The molecule has 0 bridgehead atoms. The number of carbonyl (C=O) groups is 1. The summed E-state index contributed by atoms with van der Waals surface area (Å²) < 4.78 is 1.77. The minimum atomic E-state index is -0.525. The lowest BCUT2D eigenvalue weighted by Crippen LogP contribution is -2.14. The molecule has 0 aliphatic rings. The molecule has 0 atom stereocenters. The number of nitro groups is 1. The number of aromatic amines is 1. The molecular weight excluding hydrogens is 544 g/mol. The van der Waals surface area contributed by atoms with E-state index in [-0.39, 0.29) is 11.4 Å². The standard InChI is InChI=1S/C10H4Br4N4O3/c11-4-1-3(18(20)21)2-5(12)7(4)15-10(19)8-6(13)9(14)17-16-8/h1-2H,(H,15,19)(H,16,17). The lowest BCUT2D eigenvalue weighted by Gasteiger charge is -2.08. The molecule has 0 unspecified atom stereocenters. The van der Waals surface area contributed by atoms with Gasteiger partial charge in [-0.05, 0) is 63.7 Å². The fourth-order valence-corrected chi connectivity index (χ4v) is 3.41. The number of anilines is 1. The number of hydrogen-bond acceptors (Lipinski definition) is 4. The second-order valence-corrected chi connectivity index (χ2v) is 6.99. The van der Waals surface area contributed by atoms with Crippen molar-refractivity contribution in [3.8, 4) is 0 Å². The zero-order chi connectivity index (χ0) is 15.7. The van der Waals surface area contributed by atoms with Gasteiger partial charge in [0.05, 0.1) is 15.1 Å². The van der Waals surface area contributed by atoms with Crippen molar-refractivity contribution in [3.63, 3.8) is 0 Å². The predicted molar refractivity (Wildman–Crippen MR) is 90.4 cm³/mol. The molecule has 21 heavy (non-hydrogen) atoms. The number of amides is 1.